The Balaban J connectivity index is 1.82. The van der Waals surface area contributed by atoms with Crippen LogP contribution in [-0.4, -0.2) is 21.8 Å². The highest BCUT2D eigenvalue weighted by Crippen LogP contribution is 2.31. The van der Waals surface area contributed by atoms with Crippen molar-refractivity contribution < 1.29 is 14.5 Å². The molecule has 2 aromatic rings. The van der Waals surface area contributed by atoms with Gasteiger partial charge < -0.3 is 5.32 Å². The second-order valence-corrected chi connectivity index (χ2v) is 7.15. The monoisotopic (exact) mass is 367 g/mol. The van der Waals surface area contributed by atoms with E-state index in [1.807, 2.05) is 24.3 Å². The van der Waals surface area contributed by atoms with Crippen molar-refractivity contribution in [2.45, 2.75) is 38.8 Å². The van der Waals surface area contributed by atoms with E-state index in [1.165, 1.54) is 34.7 Å². The first-order valence-corrected chi connectivity index (χ1v) is 8.70. The molecule has 0 bridgehead atoms. The summed E-state index contributed by atoms with van der Waals surface area (Å²) in [6.45, 7) is 5.98. The molecular formula is C20H21N3O4. The van der Waals surface area contributed by atoms with Gasteiger partial charge in [0.05, 0.1) is 11.5 Å². The van der Waals surface area contributed by atoms with Crippen LogP contribution in [0.4, 0.5) is 10.5 Å². The molecule has 7 nitrogen and oxygen atoms in total. The molecule has 1 heterocycles. The lowest BCUT2D eigenvalue weighted by molar-refractivity contribution is -0.384. The number of hydrogen-bond donors (Lipinski definition) is 1. The fourth-order valence-corrected chi connectivity index (χ4v) is 3.14. The molecule has 0 aliphatic carbocycles. The molecule has 0 radical (unpaired) electrons. The summed E-state index contributed by atoms with van der Waals surface area (Å²) in [5, 5.41) is 13.5. The summed E-state index contributed by atoms with van der Waals surface area (Å²) < 4.78 is 0. The number of nitrogens with one attached hydrogen (secondary N) is 1. The Morgan fingerprint density at radius 3 is 2.19 bits per heavy atom. The van der Waals surface area contributed by atoms with Crippen LogP contribution >= 0.6 is 0 Å². The Kier molecular flexibility index (Phi) is 4.70. The van der Waals surface area contributed by atoms with E-state index in [2.05, 4.69) is 19.2 Å². The average molecular weight is 367 g/mol. The van der Waals surface area contributed by atoms with Gasteiger partial charge in [-0.15, -0.1) is 0 Å². The SMILES string of the molecule is CC(C)c1ccc(CN2C(=O)N[C@@](C)(c3ccc([N+](=O)[O-])cc3)C2=O)cc1. The maximum atomic E-state index is 12.9. The molecule has 140 valence electrons. The Morgan fingerprint density at radius 2 is 1.67 bits per heavy atom. The summed E-state index contributed by atoms with van der Waals surface area (Å²) >= 11 is 0. The number of imide groups is 1. The van der Waals surface area contributed by atoms with Crippen LogP contribution in [0.15, 0.2) is 48.5 Å². The molecule has 27 heavy (non-hydrogen) atoms. The van der Waals surface area contributed by atoms with E-state index < -0.39 is 16.5 Å². The molecule has 3 rings (SSSR count). The number of nitrogens with zero attached hydrogens (tertiary/aromatic N) is 2. The molecule has 7 heteroatoms. The van der Waals surface area contributed by atoms with Gasteiger partial charge in [0.1, 0.15) is 5.54 Å². The maximum Gasteiger partial charge on any atom is 0.325 e. The van der Waals surface area contributed by atoms with Crippen LogP contribution in [-0.2, 0) is 16.9 Å². The van der Waals surface area contributed by atoms with E-state index in [-0.39, 0.29) is 18.1 Å². The van der Waals surface area contributed by atoms with Crippen molar-refractivity contribution in [2.75, 3.05) is 0 Å². The Hall–Kier alpha value is -3.22. The molecule has 0 saturated carbocycles. The molecule has 1 aliphatic heterocycles. The summed E-state index contributed by atoms with van der Waals surface area (Å²) in [7, 11) is 0. The lowest BCUT2D eigenvalue weighted by atomic mass is 9.92. The highest BCUT2D eigenvalue weighted by atomic mass is 16.6. The fourth-order valence-electron chi connectivity index (χ4n) is 3.14. The van der Waals surface area contributed by atoms with Crippen LogP contribution in [0.3, 0.4) is 0 Å². The van der Waals surface area contributed by atoms with Crippen molar-refractivity contribution in [3.8, 4) is 0 Å². The van der Waals surface area contributed by atoms with Crippen molar-refractivity contribution in [1.82, 2.24) is 10.2 Å². The predicted octanol–water partition coefficient (Wildman–Crippen LogP) is 3.69. The summed E-state index contributed by atoms with van der Waals surface area (Å²) in [5.41, 5.74) is 1.23. The zero-order valence-corrected chi connectivity index (χ0v) is 15.4. The molecule has 1 saturated heterocycles. The van der Waals surface area contributed by atoms with Gasteiger partial charge >= 0.3 is 6.03 Å². The highest BCUT2D eigenvalue weighted by Gasteiger charge is 2.48. The summed E-state index contributed by atoms with van der Waals surface area (Å²) in [4.78, 5) is 36.8. The number of hydrogen-bond acceptors (Lipinski definition) is 4. The number of rotatable bonds is 5. The minimum atomic E-state index is -1.25. The van der Waals surface area contributed by atoms with Gasteiger partial charge in [-0.25, -0.2) is 4.79 Å². The minimum absolute atomic E-state index is 0.0683. The number of non-ortho nitro benzene ring substituents is 1. The second kappa shape index (κ2) is 6.83. The number of benzene rings is 2. The van der Waals surface area contributed by atoms with Crippen LogP contribution < -0.4 is 5.32 Å². The standard InChI is InChI=1S/C20H21N3O4/c1-13(2)15-6-4-14(5-7-15)12-22-18(24)20(3,21-19(22)25)16-8-10-17(11-9-16)23(26)27/h4-11,13H,12H2,1-3H3,(H,21,25)/t20-/m0/s1. The fraction of sp³-hybridized carbons (Fsp3) is 0.300. The molecule has 1 atom stereocenters. The first-order chi connectivity index (χ1) is 12.7. The Morgan fingerprint density at radius 1 is 1.07 bits per heavy atom. The van der Waals surface area contributed by atoms with E-state index in [9.17, 15) is 19.7 Å². The van der Waals surface area contributed by atoms with Gasteiger partial charge in [-0.3, -0.25) is 19.8 Å². The summed E-state index contributed by atoms with van der Waals surface area (Å²) in [6, 6.07) is 13.0. The molecule has 0 spiro atoms. The smallest absolute Gasteiger partial charge is 0.319 e. The van der Waals surface area contributed by atoms with Gasteiger partial charge in [-0.05, 0) is 41.7 Å². The lowest BCUT2D eigenvalue weighted by Crippen LogP contribution is -2.40. The van der Waals surface area contributed by atoms with Crippen molar-refractivity contribution >= 4 is 17.6 Å². The quantitative estimate of drug-likeness (QED) is 0.495. The Bertz CT molecular complexity index is 890. The van der Waals surface area contributed by atoms with E-state index in [0.29, 0.717) is 11.5 Å². The first kappa shape index (κ1) is 18.6. The summed E-state index contributed by atoms with van der Waals surface area (Å²) in [5.74, 6) is 0.0236. The van der Waals surface area contributed by atoms with E-state index in [4.69, 9.17) is 0 Å². The average Bonchev–Trinajstić information content (AvgIpc) is 2.86. The van der Waals surface area contributed by atoms with Gasteiger partial charge in [0.15, 0.2) is 0 Å². The summed E-state index contributed by atoms with van der Waals surface area (Å²) in [6.07, 6.45) is 0. The molecule has 1 aliphatic rings. The first-order valence-electron chi connectivity index (χ1n) is 8.70. The zero-order chi connectivity index (χ0) is 19.8. The second-order valence-electron chi connectivity index (χ2n) is 7.15. The molecule has 0 aromatic heterocycles. The number of nitro groups is 1. The zero-order valence-electron chi connectivity index (χ0n) is 15.4. The third-order valence-electron chi connectivity index (χ3n) is 4.92. The predicted molar refractivity (Wildman–Crippen MR) is 100 cm³/mol. The third-order valence-corrected chi connectivity index (χ3v) is 4.92. The molecule has 1 N–H and O–H groups in total. The molecular weight excluding hydrogens is 346 g/mol. The topological polar surface area (TPSA) is 92.6 Å². The molecule has 0 unspecified atom stereocenters. The van der Waals surface area contributed by atoms with Gasteiger partial charge in [-0.1, -0.05) is 38.1 Å². The van der Waals surface area contributed by atoms with Crippen LogP contribution in [0, 0.1) is 10.1 Å². The number of nitro benzene ring substituents is 1. The largest absolute Gasteiger partial charge is 0.325 e. The van der Waals surface area contributed by atoms with Crippen LogP contribution in [0.2, 0.25) is 0 Å². The van der Waals surface area contributed by atoms with E-state index in [1.54, 1.807) is 6.92 Å². The normalized spacial score (nSPS) is 19.5. The van der Waals surface area contributed by atoms with Crippen LogP contribution in [0.1, 0.15) is 43.4 Å². The minimum Gasteiger partial charge on any atom is -0.319 e. The van der Waals surface area contributed by atoms with Gasteiger partial charge in [0.2, 0.25) is 0 Å². The molecule has 3 amide bonds. The van der Waals surface area contributed by atoms with E-state index in [0.717, 1.165) is 5.56 Å². The van der Waals surface area contributed by atoms with Crippen LogP contribution in [0.5, 0.6) is 0 Å². The number of carbonyl (C=O) groups excluding carboxylic acids is 2. The third kappa shape index (κ3) is 3.40. The maximum absolute atomic E-state index is 12.9. The highest BCUT2D eigenvalue weighted by molar-refractivity contribution is 6.07. The van der Waals surface area contributed by atoms with Crippen molar-refractivity contribution in [2.24, 2.45) is 0 Å². The van der Waals surface area contributed by atoms with Crippen LogP contribution in [0.25, 0.3) is 0 Å². The van der Waals surface area contributed by atoms with Crippen molar-refractivity contribution in [3.63, 3.8) is 0 Å². The van der Waals surface area contributed by atoms with Crippen molar-refractivity contribution in [3.05, 3.63) is 75.3 Å². The molecule has 2 aromatic carbocycles. The number of amides is 3. The number of carbonyl (C=O) groups is 2. The lowest BCUT2D eigenvalue weighted by Gasteiger charge is -2.22. The molecule has 1 fully saturated rings. The Labute approximate surface area is 157 Å². The van der Waals surface area contributed by atoms with Gasteiger partial charge in [-0.2, -0.15) is 0 Å². The van der Waals surface area contributed by atoms with Gasteiger partial charge in [0.25, 0.3) is 11.6 Å². The van der Waals surface area contributed by atoms with E-state index >= 15 is 0 Å². The van der Waals surface area contributed by atoms with Crippen molar-refractivity contribution in [1.29, 1.82) is 0 Å². The number of urea groups is 1. The van der Waals surface area contributed by atoms with Gasteiger partial charge in [0, 0.05) is 12.1 Å².